The van der Waals surface area contributed by atoms with Crippen molar-refractivity contribution in [3.8, 4) is 0 Å². The van der Waals surface area contributed by atoms with Gasteiger partial charge in [0, 0.05) is 37.5 Å². The van der Waals surface area contributed by atoms with Crippen molar-refractivity contribution in [2.45, 2.75) is 51.2 Å². The minimum atomic E-state index is 0.380. The lowest BCUT2D eigenvalue weighted by Gasteiger charge is -2.13. The molecule has 1 atom stereocenters. The first kappa shape index (κ1) is 14.3. The molecular weight excluding hydrogens is 270 g/mol. The van der Waals surface area contributed by atoms with E-state index < -0.39 is 0 Å². The lowest BCUT2D eigenvalue weighted by atomic mass is 10.2. The van der Waals surface area contributed by atoms with Crippen LogP contribution in [0.4, 0.5) is 5.13 Å². The van der Waals surface area contributed by atoms with Crippen molar-refractivity contribution in [3.05, 3.63) is 10.6 Å². The summed E-state index contributed by atoms with van der Waals surface area (Å²) in [7, 11) is 1.81. The van der Waals surface area contributed by atoms with Gasteiger partial charge in [0.05, 0.1) is 11.8 Å². The van der Waals surface area contributed by atoms with Gasteiger partial charge in [-0.25, -0.2) is 4.98 Å². The third-order valence-corrected chi connectivity index (χ3v) is 5.27. The van der Waals surface area contributed by atoms with Crippen LogP contribution in [0.15, 0.2) is 0 Å². The number of aromatic nitrogens is 1. The van der Waals surface area contributed by atoms with Crippen LogP contribution in [0.1, 0.15) is 49.1 Å². The molecule has 1 N–H and O–H groups in total. The molecule has 1 unspecified atom stereocenters. The van der Waals surface area contributed by atoms with Crippen LogP contribution >= 0.6 is 11.3 Å². The van der Waals surface area contributed by atoms with Crippen molar-refractivity contribution in [3.63, 3.8) is 0 Å². The predicted molar refractivity (Wildman–Crippen MR) is 83.7 cm³/mol. The molecule has 2 fully saturated rings. The normalized spacial score (nSPS) is 22.7. The molecule has 2 heterocycles. The van der Waals surface area contributed by atoms with Crippen molar-refractivity contribution < 1.29 is 4.74 Å². The SMILES string of the molecule is CCCNCc1sc(N2CCC(OC)C2)nc1C1CC1. The van der Waals surface area contributed by atoms with Gasteiger partial charge in [0.1, 0.15) is 0 Å². The molecule has 4 nitrogen and oxygen atoms in total. The van der Waals surface area contributed by atoms with Gasteiger partial charge in [0.2, 0.25) is 0 Å². The Bertz CT molecular complexity index is 444. The van der Waals surface area contributed by atoms with Crippen LogP contribution in [0.25, 0.3) is 0 Å². The van der Waals surface area contributed by atoms with Crippen molar-refractivity contribution >= 4 is 16.5 Å². The molecule has 0 spiro atoms. The number of nitrogens with zero attached hydrogens (tertiary/aromatic N) is 2. The fourth-order valence-corrected chi connectivity index (χ4v) is 3.91. The van der Waals surface area contributed by atoms with Crippen LogP contribution in [0.3, 0.4) is 0 Å². The second-order valence-corrected chi connectivity index (χ2v) is 6.91. The van der Waals surface area contributed by atoms with Gasteiger partial charge >= 0.3 is 0 Å². The van der Waals surface area contributed by atoms with Gasteiger partial charge < -0.3 is 15.0 Å². The predicted octanol–water partition coefficient (Wildman–Crippen LogP) is 2.75. The monoisotopic (exact) mass is 295 g/mol. The van der Waals surface area contributed by atoms with E-state index in [1.807, 2.05) is 18.4 Å². The maximum Gasteiger partial charge on any atom is 0.185 e. The number of thiazole rings is 1. The molecule has 1 aromatic rings. The highest BCUT2D eigenvalue weighted by molar-refractivity contribution is 7.15. The van der Waals surface area contributed by atoms with E-state index in [0.29, 0.717) is 6.10 Å². The summed E-state index contributed by atoms with van der Waals surface area (Å²) in [6.07, 6.45) is 5.34. The Hall–Kier alpha value is -0.650. The molecule has 1 saturated carbocycles. The fraction of sp³-hybridized carbons (Fsp3) is 0.800. The maximum absolute atomic E-state index is 5.46. The van der Waals surface area contributed by atoms with E-state index in [9.17, 15) is 0 Å². The van der Waals surface area contributed by atoms with E-state index in [2.05, 4.69) is 17.1 Å². The van der Waals surface area contributed by atoms with Gasteiger partial charge in [0.15, 0.2) is 5.13 Å². The van der Waals surface area contributed by atoms with Crippen LogP contribution in [0.5, 0.6) is 0 Å². The second-order valence-electron chi connectivity index (χ2n) is 5.85. The van der Waals surface area contributed by atoms with Crippen LogP contribution < -0.4 is 10.2 Å². The number of rotatable bonds is 7. The van der Waals surface area contributed by atoms with E-state index in [4.69, 9.17) is 9.72 Å². The lowest BCUT2D eigenvalue weighted by molar-refractivity contribution is 0.121. The Morgan fingerprint density at radius 3 is 2.90 bits per heavy atom. The molecule has 0 bridgehead atoms. The van der Waals surface area contributed by atoms with Crippen LogP contribution in [-0.2, 0) is 11.3 Å². The zero-order chi connectivity index (χ0) is 13.9. The Morgan fingerprint density at radius 2 is 2.25 bits per heavy atom. The molecule has 112 valence electrons. The van der Waals surface area contributed by atoms with E-state index in [1.54, 1.807) is 0 Å². The van der Waals surface area contributed by atoms with Gasteiger partial charge in [-0.15, -0.1) is 11.3 Å². The molecule has 1 aliphatic heterocycles. The number of hydrogen-bond donors (Lipinski definition) is 1. The van der Waals surface area contributed by atoms with Crippen LogP contribution in [-0.4, -0.2) is 37.8 Å². The Balaban J connectivity index is 1.70. The minimum absolute atomic E-state index is 0.380. The highest BCUT2D eigenvalue weighted by Crippen LogP contribution is 2.44. The highest BCUT2D eigenvalue weighted by Gasteiger charge is 2.32. The third-order valence-electron chi connectivity index (χ3n) is 4.14. The molecule has 0 aromatic carbocycles. The smallest absolute Gasteiger partial charge is 0.185 e. The Kier molecular flexibility index (Phi) is 4.58. The zero-order valence-electron chi connectivity index (χ0n) is 12.5. The molecule has 20 heavy (non-hydrogen) atoms. The molecule has 0 radical (unpaired) electrons. The summed E-state index contributed by atoms with van der Waals surface area (Å²) in [5, 5.41) is 4.73. The van der Waals surface area contributed by atoms with Crippen molar-refractivity contribution in [1.29, 1.82) is 0 Å². The van der Waals surface area contributed by atoms with Crippen molar-refractivity contribution in [2.24, 2.45) is 0 Å². The number of nitrogens with one attached hydrogen (secondary N) is 1. The number of methoxy groups -OCH3 is 1. The minimum Gasteiger partial charge on any atom is -0.380 e. The number of hydrogen-bond acceptors (Lipinski definition) is 5. The molecule has 0 amide bonds. The van der Waals surface area contributed by atoms with Gasteiger partial charge in [-0.1, -0.05) is 6.92 Å². The van der Waals surface area contributed by atoms with Gasteiger partial charge in [-0.05, 0) is 32.2 Å². The Morgan fingerprint density at radius 1 is 1.40 bits per heavy atom. The van der Waals surface area contributed by atoms with Gasteiger partial charge in [-0.3, -0.25) is 0 Å². The maximum atomic E-state index is 5.46. The molecule has 2 aliphatic rings. The summed E-state index contributed by atoms with van der Waals surface area (Å²) in [5.41, 5.74) is 1.37. The van der Waals surface area contributed by atoms with E-state index in [0.717, 1.165) is 38.5 Å². The fourth-order valence-electron chi connectivity index (χ4n) is 2.76. The first-order chi connectivity index (χ1) is 9.81. The van der Waals surface area contributed by atoms with E-state index in [1.165, 1.54) is 35.0 Å². The first-order valence-corrected chi connectivity index (χ1v) is 8.61. The zero-order valence-corrected chi connectivity index (χ0v) is 13.3. The van der Waals surface area contributed by atoms with E-state index >= 15 is 0 Å². The van der Waals surface area contributed by atoms with E-state index in [-0.39, 0.29) is 0 Å². The summed E-state index contributed by atoms with van der Waals surface area (Å²) in [6, 6.07) is 0. The molecule has 5 heteroatoms. The molecule has 1 aliphatic carbocycles. The first-order valence-electron chi connectivity index (χ1n) is 7.79. The summed E-state index contributed by atoms with van der Waals surface area (Å²) in [6.45, 7) is 6.36. The highest BCUT2D eigenvalue weighted by atomic mass is 32.1. The van der Waals surface area contributed by atoms with Crippen LogP contribution in [0.2, 0.25) is 0 Å². The van der Waals surface area contributed by atoms with Crippen LogP contribution in [0, 0.1) is 0 Å². The lowest BCUT2D eigenvalue weighted by Crippen LogP contribution is -2.21. The van der Waals surface area contributed by atoms with Gasteiger partial charge in [0.25, 0.3) is 0 Å². The third kappa shape index (κ3) is 3.15. The largest absolute Gasteiger partial charge is 0.380 e. The van der Waals surface area contributed by atoms with Gasteiger partial charge in [-0.2, -0.15) is 0 Å². The standard InChI is InChI=1S/C15H25N3OS/c1-3-7-16-9-13-14(11-4-5-11)17-15(20-13)18-8-6-12(10-18)19-2/h11-12,16H,3-10H2,1-2H3. The molecule has 3 rings (SSSR count). The molecule has 1 aromatic heterocycles. The summed E-state index contributed by atoms with van der Waals surface area (Å²) in [4.78, 5) is 8.80. The van der Waals surface area contributed by atoms with Crippen molar-refractivity contribution in [2.75, 3.05) is 31.6 Å². The average molecular weight is 295 g/mol. The average Bonchev–Trinajstić information content (AvgIpc) is 3.04. The summed E-state index contributed by atoms with van der Waals surface area (Å²) < 4.78 is 5.46. The summed E-state index contributed by atoms with van der Waals surface area (Å²) >= 11 is 1.88. The Labute approximate surface area is 125 Å². The number of anilines is 1. The quantitative estimate of drug-likeness (QED) is 0.785. The second kappa shape index (κ2) is 6.41. The van der Waals surface area contributed by atoms with Crippen molar-refractivity contribution in [1.82, 2.24) is 10.3 Å². The number of ether oxygens (including phenoxy) is 1. The molecule has 1 saturated heterocycles. The summed E-state index contributed by atoms with van der Waals surface area (Å²) in [5.74, 6) is 0.735. The molecular formula is C15H25N3OS. The topological polar surface area (TPSA) is 37.4 Å².